The van der Waals surface area contributed by atoms with Gasteiger partial charge in [0.05, 0.1) is 12.9 Å². The minimum atomic E-state index is -4.40. The zero-order valence-electron chi connectivity index (χ0n) is 17.4. The van der Waals surface area contributed by atoms with Gasteiger partial charge < -0.3 is 9.26 Å². The van der Waals surface area contributed by atoms with Crippen LogP contribution in [-0.4, -0.2) is 23.0 Å². The van der Waals surface area contributed by atoms with Crippen molar-refractivity contribution in [3.8, 4) is 0 Å². The summed E-state index contributed by atoms with van der Waals surface area (Å²) in [5, 5.41) is 0. The van der Waals surface area contributed by atoms with Crippen molar-refractivity contribution >= 4 is 7.82 Å². The molecule has 0 saturated heterocycles. The van der Waals surface area contributed by atoms with E-state index in [-0.39, 0.29) is 0 Å². The fraction of sp³-hybridized carbons (Fsp3) is 0.905. The van der Waals surface area contributed by atoms with Crippen LogP contribution in [0.15, 0.2) is 12.3 Å². The van der Waals surface area contributed by atoms with Crippen LogP contribution in [0.25, 0.3) is 0 Å². The number of phosphoric acid groups is 1. The second kappa shape index (κ2) is 20.4. The Kier molecular flexibility index (Phi) is 20.1. The van der Waals surface area contributed by atoms with Crippen molar-refractivity contribution in [2.24, 2.45) is 0 Å². The molecule has 162 valence electrons. The smallest absolute Gasteiger partial charge is 0.412 e. The molecule has 0 aromatic heterocycles. The summed E-state index contributed by atoms with van der Waals surface area (Å²) < 4.78 is 19.9. The molecule has 0 rings (SSSR count). The molecule has 0 unspecified atom stereocenters. The van der Waals surface area contributed by atoms with Crippen LogP contribution in [0.3, 0.4) is 0 Å². The van der Waals surface area contributed by atoms with Crippen LogP contribution in [0, 0.1) is 0 Å². The molecule has 0 fully saturated rings. The zero-order valence-corrected chi connectivity index (χ0v) is 18.3. The Morgan fingerprint density at radius 1 is 0.704 bits per heavy atom. The molecule has 0 saturated carbocycles. The molecule has 0 aliphatic carbocycles. The Morgan fingerprint density at radius 2 is 1.11 bits per heavy atom. The summed E-state index contributed by atoms with van der Waals surface area (Å²) in [7, 11) is -4.40. The quantitative estimate of drug-likeness (QED) is 0.123. The van der Waals surface area contributed by atoms with E-state index in [1.54, 1.807) is 0 Å². The third-order valence-corrected chi connectivity index (χ3v) is 5.05. The highest BCUT2D eigenvalue weighted by Crippen LogP contribution is 2.35. The fourth-order valence-electron chi connectivity index (χ4n) is 3.07. The standard InChI is InChI=1S/C21H43O5P/c1-2-3-4-5-6-7-8-9-10-11-12-13-14-15-16-17-19-25-20-18-21-26-27(22,23)24/h18,21H,2-17,19-20H2,1H3,(H2,22,23,24). The third-order valence-electron chi connectivity index (χ3n) is 4.65. The summed E-state index contributed by atoms with van der Waals surface area (Å²) in [6.45, 7) is 3.27. The molecule has 0 aliphatic rings. The molecule has 0 amide bonds. The fourth-order valence-corrected chi connectivity index (χ4v) is 3.31. The summed E-state index contributed by atoms with van der Waals surface area (Å²) in [5.41, 5.74) is 0. The second-order valence-electron chi connectivity index (χ2n) is 7.35. The molecule has 0 radical (unpaired) electrons. The molecule has 0 aromatic rings. The summed E-state index contributed by atoms with van der Waals surface area (Å²) in [5.74, 6) is 0. The minimum absolute atomic E-state index is 0.318. The lowest BCUT2D eigenvalue weighted by atomic mass is 10.0. The SMILES string of the molecule is CCCCCCCCCCCCCCCCCCOCC=COP(=O)(O)O. The van der Waals surface area contributed by atoms with Crippen molar-refractivity contribution in [3.05, 3.63) is 12.3 Å². The van der Waals surface area contributed by atoms with Crippen molar-refractivity contribution in [1.82, 2.24) is 0 Å². The molecule has 5 nitrogen and oxygen atoms in total. The largest absolute Gasteiger partial charge is 0.524 e. The van der Waals surface area contributed by atoms with E-state index in [9.17, 15) is 4.57 Å². The van der Waals surface area contributed by atoms with Gasteiger partial charge in [0.1, 0.15) is 0 Å². The highest BCUT2D eigenvalue weighted by Gasteiger charge is 2.10. The number of hydrogen-bond donors (Lipinski definition) is 2. The summed E-state index contributed by atoms with van der Waals surface area (Å²) in [6.07, 6.45) is 24.1. The average molecular weight is 407 g/mol. The van der Waals surface area contributed by atoms with Gasteiger partial charge in [0.25, 0.3) is 0 Å². The van der Waals surface area contributed by atoms with Crippen LogP contribution in [0.4, 0.5) is 0 Å². The minimum Gasteiger partial charge on any atom is -0.412 e. The average Bonchev–Trinajstić information content (AvgIpc) is 2.62. The molecule has 0 aromatic carbocycles. The maximum atomic E-state index is 10.4. The zero-order chi connectivity index (χ0) is 20.1. The second-order valence-corrected chi connectivity index (χ2v) is 8.54. The van der Waals surface area contributed by atoms with E-state index < -0.39 is 7.82 Å². The first kappa shape index (κ1) is 26.6. The number of phosphoric ester groups is 1. The predicted octanol–water partition coefficient (Wildman–Crippen LogP) is 6.89. The molecule has 0 heterocycles. The van der Waals surface area contributed by atoms with E-state index in [0.717, 1.165) is 12.7 Å². The molecule has 27 heavy (non-hydrogen) atoms. The predicted molar refractivity (Wildman–Crippen MR) is 113 cm³/mol. The number of unbranched alkanes of at least 4 members (excludes halogenated alkanes) is 15. The lowest BCUT2D eigenvalue weighted by molar-refractivity contribution is 0.155. The van der Waals surface area contributed by atoms with E-state index in [1.165, 1.54) is 102 Å². The molecule has 2 N–H and O–H groups in total. The van der Waals surface area contributed by atoms with E-state index in [4.69, 9.17) is 14.5 Å². The lowest BCUT2D eigenvalue weighted by Crippen LogP contribution is -1.94. The van der Waals surface area contributed by atoms with Crippen LogP contribution >= 0.6 is 7.82 Å². The van der Waals surface area contributed by atoms with Crippen molar-refractivity contribution in [2.45, 2.75) is 110 Å². The van der Waals surface area contributed by atoms with E-state index in [2.05, 4.69) is 11.4 Å². The van der Waals surface area contributed by atoms with Gasteiger partial charge in [-0.1, -0.05) is 103 Å². The monoisotopic (exact) mass is 406 g/mol. The van der Waals surface area contributed by atoms with Gasteiger partial charge in [-0.2, -0.15) is 0 Å². The lowest BCUT2D eigenvalue weighted by Gasteiger charge is -2.04. The van der Waals surface area contributed by atoms with E-state index in [0.29, 0.717) is 13.2 Å². The van der Waals surface area contributed by atoms with Gasteiger partial charge in [0.2, 0.25) is 0 Å². The Morgan fingerprint density at radius 3 is 1.52 bits per heavy atom. The van der Waals surface area contributed by atoms with Gasteiger partial charge in [-0.15, -0.1) is 0 Å². The van der Waals surface area contributed by atoms with Gasteiger partial charge in [0, 0.05) is 6.61 Å². The first-order valence-electron chi connectivity index (χ1n) is 11.0. The van der Waals surface area contributed by atoms with Crippen LogP contribution in [0.2, 0.25) is 0 Å². The third kappa shape index (κ3) is 25.7. The van der Waals surface area contributed by atoms with Gasteiger partial charge >= 0.3 is 7.82 Å². The van der Waals surface area contributed by atoms with E-state index >= 15 is 0 Å². The number of hydrogen-bond acceptors (Lipinski definition) is 3. The Balaban J connectivity index is 3.08. The van der Waals surface area contributed by atoms with Crippen molar-refractivity contribution < 1.29 is 23.6 Å². The Bertz CT molecular complexity index is 368. The van der Waals surface area contributed by atoms with Crippen molar-refractivity contribution in [3.63, 3.8) is 0 Å². The van der Waals surface area contributed by atoms with Crippen molar-refractivity contribution in [2.75, 3.05) is 13.2 Å². The number of ether oxygens (including phenoxy) is 1. The Hall–Kier alpha value is -0.350. The van der Waals surface area contributed by atoms with Gasteiger partial charge in [-0.25, -0.2) is 4.57 Å². The van der Waals surface area contributed by atoms with E-state index in [1.807, 2.05) is 0 Å². The number of rotatable bonds is 21. The molecule has 0 bridgehead atoms. The summed E-state index contributed by atoms with van der Waals surface area (Å²) >= 11 is 0. The first-order chi connectivity index (χ1) is 13.1. The topological polar surface area (TPSA) is 76.0 Å². The van der Waals surface area contributed by atoms with Gasteiger partial charge in [0.15, 0.2) is 0 Å². The summed E-state index contributed by atoms with van der Waals surface area (Å²) in [6, 6.07) is 0. The van der Waals surface area contributed by atoms with Crippen LogP contribution < -0.4 is 0 Å². The normalized spacial score (nSPS) is 12.1. The summed E-state index contributed by atoms with van der Waals surface area (Å²) in [4.78, 5) is 16.9. The molecule has 0 spiro atoms. The molecular formula is C21H43O5P. The molecule has 6 heteroatoms. The maximum Gasteiger partial charge on any atom is 0.524 e. The first-order valence-corrected chi connectivity index (χ1v) is 12.6. The molecule has 0 atom stereocenters. The highest BCUT2D eigenvalue weighted by atomic mass is 31.2. The Labute approximate surface area is 167 Å². The van der Waals surface area contributed by atoms with Gasteiger partial charge in [-0.05, 0) is 12.5 Å². The highest BCUT2D eigenvalue weighted by molar-refractivity contribution is 7.46. The van der Waals surface area contributed by atoms with Crippen LogP contribution in [-0.2, 0) is 13.8 Å². The molecular weight excluding hydrogens is 363 g/mol. The van der Waals surface area contributed by atoms with Gasteiger partial charge in [-0.3, -0.25) is 9.79 Å². The van der Waals surface area contributed by atoms with Crippen molar-refractivity contribution in [1.29, 1.82) is 0 Å². The maximum absolute atomic E-state index is 10.4. The van der Waals surface area contributed by atoms with Crippen LogP contribution in [0.5, 0.6) is 0 Å². The molecule has 0 aliphatic heterocycles. The van der Waals surface area contributed by atoms with Crippen LogP contribution in [0.1, 0.15) is 110 Å².